The summed E-state index contributed by atoms with van der Waals surface area (Å²) in [4.78, 5) is 14.1. The van der Waals surface area contributed by atoms with Gasteiger partial charge in [-0.2, -0.15) is 0 Å². The van der Waals surface area contributed by atoms with Crippen molar-refractivity contribution in [1.29, 1.82) is 0 Å². The van der Waals surface area contributed by atoms with Crippen LogP contribution < -0.4 is 5.32 Å². The second-order valence-corrected chi connectivity index (χ2v) is 5.53. The van der Waals surface area contributed by atoms with Crippen molar-refractivity contribution in [2.24, 2.45) is 0 Å². The van der Waals surface area contributed by atoms with Gasteiger partial charge in [0.15, 0.2) is 5.76 Å². The average Bonchev–Trinajstić information content (AvgIpc) is 2.90. The van der Waals surface area contributed by atoms with E-state index in [2.05, 4.69) is 5.32 Å². The number of rotatable bonds is 3. The number of carbonyl (C=O) groups is 1. The van der Waals surface area contributed by atoms with Crippen LogP contribution in [-0.2, 0) is 4.74 Å². The number of hydrogen-bond donors (Lipinski definition) is 1. The molecule has 1 N–H and O–H groups in total. The molecule has 2 aromatic rings. The lowest BCUT2D eigenvalue weighted by Gasteiger charge is -2.27. The van der Waals surface area contributed by atoms with Crippen molar-refractivity contribution in [3.05, 3.63) is 35.6 Å². The van der Waals surface area contributed by atoms with Crippen molar-refractivity contribution < 1.29 is 13.9 Å². The first kappa shape index (κ1) is 14.1. The Balaban J connectivity index is 1.72. The summed E-state index contributed by atoms with van der Waals surface area (Å²) in [6, 6.07) is 7.70. The van der Waals surface area contributed by atoms with Crippen molar-refractivity contribution in [2.45, 2.75) is 13.0 Å². The average molecular weight is 288 g/mol. The zero-order chi connectivity index (χ0) is 14.8. The Morgan fingerprint density at radius 2 is 2.29 bits per heavy atom. The molecule has 0 aliphatic carbocycles. The highest BCUT2D eigenvalue weighted by atomic mass is 16.5. The van der Waals surface area contributed by atoms with E-state index in [0.717, 1.165) is 29.6 Å². The number of likely N-dealkylation sites (N-methyl/N-ethyl adjacent to an activating group) is 1. The Kier molecular flexibility index (Phi) is 3.94. The lowest BCUT2D eigenvalue weighted by atomic mass is 10.2. The Morgan fingerprint density at radius 3 is 3.05 bits per heavy atom. The van der Waals surface area contributed by atoms with Crippen LogP contribution >= 0.6 is 0 Å². The Morgan fingerprint density at radius 1 is 1.43 bits per heavy atom. The third kappa shape index (κ3) is 3.09. The predicted molar refractivity (Wildman–Crippen MR) is 80.5 cm³/mol. The van der Waals surface area contributed by atoms with E-state index in [-0.39, 0.29) is 12.0 Å². The summed E-state index contributed by atoms with van der Waals surface area (Å²) in [6.07, 6.45) is 0.0410. The molecule has 2 heterocycles. The van der Waals surface area contributed by atoms with Gasteiger partial charge in [-0.25, -0.2) is 0 Å². The van der Waals surface area contributed by atoms with Gasteiger partial charge in [0.25, 0.3) is 5.91 Å². The van der Waals surface area contributed by atoms with E-state index < -0.39 is 0 Å². The molecule has 0 spiro atoms. The smallest absolute Gasteiger partial charge is 0.289 e. The van der Waals surface area contributed by atoms with E-state index in [1.165, 1.54) is 0 Å². The number of carbonyl (C=O) groups excluding carboxylic acids is 1. The van der Waals surface area contributed by atoms with Crippen LogP contribution in [0.5, 0.6) is 0 Å². The molecule has 1 aromatic carbocycles. The highest BCUT2D eigenvalue weighted by Crippen LogP contribution is 2.21. The quantitative estimate of drug-likeness (QED) is 0.935. The largest absolute Gasteiger partial charge is 0.451 e. The van der Waals surface area contributed by atoms with Crippen molar-refractivity contribution in [3.63, 3.8) is 0 Å². The van der Waals surface area contributed by atoms with E-state index in [4.69, 9.17) is 9.15 Å². The summed E-state index contributed by atoms with van der Waals surface area (Å²) in [5.41, 5.74) is 1.89. The van der Waals surface area contributed by atoms with Crippen LogP contribution in [0.3, 0.4) is 0 Å². The molecule has 1 saturated heterocycles. The maximum atomic E-state index is 12.4. The first-order valence-electron chi connectivity index (χ1n) is 7.21. The summed E-state index contributed by atoms with van der Waals surface area (Å²) in [7, 11) is 1.78. The van der Waals surface area contributed by atoms with Crippen LogP contribution in [0.1, 0.15) is 16.1 Å². The monoisotopic (exact) mass is 288 g/mol. The van der Waals surface area contributed by atoms with Gasteiger partial charge in [-0.05, 0) is 25.1 Å². The summed E-state index contributed by atoms with van der Waals surface area (Å²) < 4.78 is 11.3. The fourth-order valence-electron chi connectivity index (χ4n) is 2.58. The summed E-state index contributed by atoms with van der Waals surface area (Å²) in [5.74, 6) is 0.264. The number of ether oxygens (including phenoxy) is 1. The van der Waals surface area contributed by atoms with Gasteiger partial charge in [0.2, 0.25) is 0 Å². The fourth-order valence-corrected chi connectivity index (χ4v) is 2.58. The van der Waals surface area contributed by atoms with Gasteiger partial charge in [-0.15, -0.1) is 0 Å². The molecule has 5 nitrogen and oxygen atoms in total. The molecule has 21 heavy (non-hydrogen) atoms. The minimum atomic E-state index is -0.113. The number of benzene rings is 1. The number of furan rings is 1. The van der Waals surface area contributed by atoms with Crippen molar-refractivity contribution in [3.8, 4) is 0 Å². The first-order valence-corrected chi connectivity index (χ1v) is 7.21. The Hall–Kier alpha value is -1.85. The molecule has 112 valence electrons. The predicted octanol–water partition coefficient (Wildman–Crippen LogP) is 1.80. The molecule has 1 fully saturated rings. The summed E-state index contributed by atoms with van der Waals surface area (Å²) in [6.45, 7) is 4.92. The van der Waals surface area contributed by atoms with E-state index in [1.807, 2.05) is 25.1 Å². The van der Waals surface area contributed by atoms with Crippen molar-refractivity contribution >= 4 is 16.9 Å². The number of amides is 1. The third-order valence-corrected chi connectivity index (χ3v) is 3.71. The number of nitrogens with zero attached hydrogens (tertiary/aromatic N) is 1. The minimum Gasteiger partial charge on any atom is -0.451 e. The van der Waals surface area contributed by atoms with E-state index >= 15 is 0 Å². The van der Waals surface area contributed by atoms with Crippen molar-refractivity contribution in [2.75, 3.05) is 33.3 Å². The van der Waals surface area contributed by atoms with Crippen LogP contribution in [0.15, 0.2) is 28.7 Å². The number of fused-ring (bicyclic) bond motifs is 1. The lowest BCUT2D eigenvalue weighted by Crippen LogP contribution is -2.45. The van der Waals surface area contributed by atoms with E-state index in [0.29, 0.717) is 18.9 Å². The molecule has 5 heteroatoms. The topological polar surface area (TPSA) is 54.7 Å². The van der Waals surface area contributed by atoms with E-state index in [9.17, 15) is 4.79 Å². The fraction of sp³-hybridized carbons (Fsp3) is 0.438. The second kappa shape index (κ2) is 5.87. The highest BCUT2D eigenvalue weighted by molar-refractivity contribution is 5.96. The van der Waals surface area contributed by atoms with Gasteiger partial charge >= 0.3 is 0 Å². The van der Waals surface area contributed by atoms with Crippen LogP contribution in [0.25, 0.3) is 11.0 Å². The SMILES string of the molecule is Cc1ccc2oc(C(=O)N(C)CC3CNCCO3)cc2c1. The number of nitrogens with one attached hydrogen (secondary N) is 1. The molecule has 0 bridgehead atoms. The van der Waals surface area contributed by atoms with Gasteiger partial charge in [0, 0.05) is 32.1 Å². The lowest BCUT2D eigenvalue weighted by molar-refractivity contribution is 0.00976. The normalized spacial score (nSPS) is 18.9. The Bertz CT molecular complexity index is 644. The summed E-state index contributed by atoms with van der Waals surface area (Å²) >= 11 is 0. The molecule has 1 aliphatic heterocycles. The van der Waals surface area contributed by atoms with Gasteiger partial charge in [-0.3, -0.25) is 4.79 Å². The van der Waals surface area contributed by atoms with Gasteiger partial charge < -0.3 is 19.4 Å². The molecule has 1 unspecified atom stereocenters. The maximum Gasteiger partial charge on any atom is 0.289 e. The molecule has 0 saturated carbocycles. The third-order valence-electron chi connectivity index (χ3n) is 3.71. The van der Waals surface area contributed by atoms with Gasteiger partial charge in [0.1, 0.15) is 5.58 Å². The van der Waals surface area contributed by atoms with Crippen molar-refractivity contribution in [1.82, 2.24) is 10.2 Å². The number of aryl methyl sites for hydroxylation is 1. The van der Waals surface area contributed by atoms with Crippen LogP contribution in [0, 0.1) is 6.92 Å². The maximum absolute atomic E-state index is 12.4. The highest BCUT2D eigenvalue weighted by Gasteiger charge is 2.21. The molecule has 1 aromatic heterocycles. The van der Waals surface area contributed by atoms with Crippen LogP contribution in [0.4, 0.5) is 0 Å². The standard InChI is InChI=1S/C16H20N2O3/c1-11-3-4-14-12(7-11)8-15(21-14)16(19)18(2)10-13-9-17-5-6-20-13/h3-4,7-8,13,17H,5-6,9-10H2,1-2H3. The molecule has 3 rings (SSSR count). The molecule has 1 amide bonds. The zero-order valence-electron chi connectivity index (χ0n) is 12.4. The molecular weight excluding hydrogens is 268 g/mol. The molecule has 0 radical (unpaired) electrons. The Labute approximate surface area is 123 Å². The minimum absolute atomic E-state index is 0.0410. The summed E-state index contributed by atoms with van der Waals surface area (Å²) in [5, 5.41) is 4.22. The number of hydrogen-bond acceptors (Lipinski definition) is 4. The molecule has 1 atom stereocenters. The molecule has 1 aliphatic rings. The van der Waals surface area contributed by atoms with Gasteiger partial charge in [-0.1, -0.05) is 11.6 Å². The first-order chi connectivity index (χ1) is 10.1. The van der Waals surface area contributed by atoms with E-state index in [1.54, 1.807) is 18.0 Å². The number of morpholine rings is 1. The van der Waals surface area contributed by atoms with Crippen LogP contribution in [-0.4, -0.2) is 50.2 Å². The zero-order valence-corrected chi connectivity index (χ0v) is 12.4. The van der Waals surface area contributed by atoms with Crippen LogP contribution in [0.2, 0.25) is 0 Å². The van der Waals surface area contributed by atoms with Gasteiger partial charge in [0.05, 0.1) is 12.7 Å². The second-order valence-electron chi connectivity index (χ2n) is 5.53. The molecular formula is C16H20N2O3.